The first-order valence-corrected chi connectivity index (χ1v) is 7.00. The summed E-state index contributed by atoms with van der Waals surface area (Å²) in [5.41, 5.74) is 4.06. The van der Waals surface area contributed by atoms with Crippen LogP contribution < -0.4 is 4.74 Å². The lowest BCUT2D eigenvalue weighted by Gasteiger charge is -2.07. The molecule has 0 aliphatic rings. The average molecular weight is 300 g/mol. The predicted molar refractivity (Wildman–Crippen MR) is 86.1 cm³/mol. The minimum Gasteiger partial charge on any atom is -0.497 e. The molecule has 0 spiro atoms. The van der Waals surface area contributed by atoms with E-state index in [1.54, 1.807) is 19.2 Å². The van der Waals surface area contributed by atoms with Crippen molar-refractivity contribution in [1.82, 2.24) is 0 Å². The van der Waals surface area contributed by atoms with E-state index in [0.717, 1.165) is 27.8 Å². The summed E-state index contributed by atoms with van der Waals surface area (Å²) in [5, 5.41) is 28.0. The van der Waals surface area contributed by atoms with Crippen LogP contribution in [0.3, 0.4) is 0 Å². The van der Waals surface area contributed by atoms with Gasteiger partial charge in [-0.15, -0.1) is 0 Å². The molecule has 0 radical (unpaired) electrons. The van der Waals surface area contributed by atoms with Crippen LogP contribution in [0, 0.1) is 0 Å². The molecular weight excluding hydrogens is 280 g/mol. The van der Waals surface area contributed by atoms with E-state index in [9.17, 15) is 15.3 Å². The second kappa shape index (κ2) is 7.75. The van der Waals surface area contributed by atoms with Gasteiger partial charge in [0.15, 0.2) is 0 Å². The van der Waals surface area contributed by atoms with E-state index < -0.39 is 0 Å². The lowest BCUT2D eigenvalue weighted by atomic mass is 10.0. The molecule has 0 unspecified atom stereocenters. The molecule has 22 heavy (non-hydrogen) atoms. The fourth-order valence-corrected chi connectivity index (χ4v) is 2.26. The van der Waals surface area contributed by atoms with Gasteiger partial charge in [-0.1, -0.05) is 24.3 Å². The van der Waals surface area contributed by atoms with Crippen molar-refractivity contribution >= 4 is 12.2 Å². The first kappa shape index (κ1) is 16.2. The molecule has 2 rings (SSSR count). The molecule has 0 saturated carbocycles. The Kier molecular flexibility index (Phi) is 5.72. The van der Waals surface area contributed by atoms with Crippen LogP contribution in [0.15, 0.2) is 36.4 Å². The topological polar surface area (TPSA) is 69.9 Å². The molecule has 4 heteroatoms. The van der Waals surface area contributed by atoms with Crippen LogP contribution in [0.25, 0.3) is 12.2 Å². The molecule has 0 aliphatic heterocycles. The second-order valence-electron chi connectivity index (χ2n) is 4.96. The second-order valence-corrected chi connectivity index (χ2v) is 4.96. The zero-order valence-electron chi connectivity index (χ0n) is 12.5. The SMILES string of the molecule is COc1ccc(C=Cc2cc(CO)cc(CO)c2)c(CO)c1. The highest BCUT2D eigenvalue weighted by Crippen LogP contribution is 2.21. The molecule has 2 aromatic rings. The van der Waals surface area contributed by atoms with Crippen molar-refractivity contribution in [3.63, 3.8) is 0 Å². The third kappa shape index (κ3) is 3.95. The van der Waals surface area contributed by atoms with Crippen molar-refractivity contribution < 1.29 is 20.1 Å². The van der Waals surface area contributed by atoms with Crippen molar-refractivity contribution in [3.8, 4) is 5.75 Å². The van der Waals surface area contributed by atoms with Gasteiger partial charge in [-0.05, 0) is 52.1 Å². The Labute approximate surface area is 129 Å². The maximum Gasteiger partial charge on any atom is 0.119 e. The van der Waals surface area contributed by atoms with Crippen molar-refractivity contribution in [2.75, 3.05) is 7.11 Å². The first-order chi connectivity index (χ1) is 10.7. The van der Waals surface area contributed by atoms with E-state index in [2.05, 4.69) is 0 Å². The fraction of sp³-hybridized carbons (Fsp3) is 0.222. The minimum atomic E-state index is -0.0740. The number of rotatable bonds is 6. The van der Waals surface area contributed by atoms with Gasteiger partial charge >= 0.3 is 0 Å². The summed E-state index contributed by atoms with van der Waals surface area (Å²) in [6.45, 7) is -0.215. The number of hydrogen-bond donors (Lipinski definition) is 3. The Morgan fingerprint density at radius 2 is 1.55 bits per heavy atom. The van der Waals surface area contributed by atoms with Gasteiger partial charge in [0.2, 0.25) is 0 Å². The van der Waals surface area contributed by atoms with Gasteiger partial charge in [-0.3, -0.25) is 0 Å². The number of aliphatic hydroxyl groups is 3. The molecule has 0 bridgehead atoms. The molecule has 0 saturated heterocycles. The monoisotopic (exact) mass is 300 g/mol. The molecule has 0 amide bonds. The largest absolute Gasteiger partial charge is 0.497 e. The van der Waals surface area contributed by atoms with Crippen molar-refractivity contribution in [2.45, 2.75) is 19.8 Å². The predicted octanol–water partition coefficient (Wildman–Crippen LogP) is 2.34. The van der Waals surface area contributed by atoms with E-state index in [0.29, 0.717) is 5.75 Å². The van der Waals surface area contributed by atoms with Crippen LogP contribution >= 0.6 is 0 Å². The van der Waals surface area contributed by atoms with Gasteiger partial charge < -0.3 is 20.1 Å². The van der Waals surface area contributed by atoms with Gasteiger partial charge in [-0.25, -0.2) is 0 Å². The number of hydrogen-bond acceptors (Lipinski definition) is 4. The summed E-state index contributed by atoms with van der Waals surface area (Å²) < 4.78 is 5.14. The van der Waals surface area contributed by atoms with E-state index in [-0.39, 0.29) is 19.8 Å². The Hall–Kier alpha value is -2.14. The van der Waals surface area contributed by atoms with Crippen molar-refractivity contribution in [2.24, 2.45) is 0 Å². The third-order valence-electron chi connectivity index (χ3n) is 3.42. The molecule has 0 heterocycles. The van der Waals surface area contributed by atoms with Gasteiger partial charge in [0, 0.05) is 0 Å². The first-order valence-electron chi connectivity index (χ1n) is 7.00. The third-order valence-corrected chi connectivity index (χ3v) is 3.42. The van der Waals surface area contributed by atoms with E-state index >= 15 is 0 Å². The molecule has 0 aromatic heterocycles. The average Bonchev–Trinajstić information content (AvgIpc) is 2.59. The lowest BCUT2D eigenvalue weighted by molar-refractivity contribution is 0.275. The van der Waals surface area contributed by atoms with Crippen LogP contribution in [0.1, 0.15) is 27.8 Å². The molecule has 0 atom stereocenters. The molecule has 0 aliphatic carbocycles. The molecule has 4 nitrogen and oxygen atoms in total. The van der Waals surface area contributed by atoms with Gasteiger partial charge in [-0.2, -0.15) is 0 Å². The number of benzene rings is 2. The normalized spacial score (nSPS) is 11.1. The quantitative estimate of drug-likeness (QED) is 0.716. The number of aliphatic hydroxyl groups excluding tert-OH is 3. The highest BCUT2D eigenvalue weighted by atomic mass is 16.5. The van der Waals surface area contributed by atoms with Crippen molar-refractivity contribution in [3.05, 3.63) is 64.2 Å². The maximum absolute atomic E-state index is 9.44. The van der Waals surface area contributed by atoms with Gasteiger partial charge in [0.25, 0.3) is 0 Å². The Balaban J connectivity index is 2.32. The Morgan fingerprint density at radius 1 is 0.864 bits per heavy atom. The standard InChI is InChI=1S/C18H20O4/c1-22-18-5-4-16(17(9-18)12-21)3-2-13-6-14(10-19)8-15(7-13)11-20/h2-9,19-21H,10-12H2,1H3. The fourth-order valence-electron chi connectivity index (χ4n) is 2.26. The van der Waals surface area contributed by atoms with Crippen LogP contribution in [0.2, 0.25) is 0 Å². The summed E-state index contributed by atoms with van der Waals surface area (Å²) in [4.78, 5) is 0. The summed E-state index contributed by atoms with van der Waals surface area (Å²) in [6.07, 6.45) is 3.78. The van der Waals surface area contributed by atoms with E-state index in [1.807, 2.05) is 36.4 Å². The Bertz CT molecular complexity index is 640. The van der Waals surface area contributed by atoms with E-state index in [4.69, 9.17) is 4.74 Å². The molecule has 2 aromatic carbocycles. The zero-order chi connectivity index (χ0) is 15.9. The molecule has 0 fully saturated rings. The summed E-state index contributed by atoms with van der Waals surface area (Å²) in [7, 11) is 1.59. The van der Waals surface area contributed by atoms with Crippen molar-refractivity contribution in [1.29, 1.82) is 0 Å². The maximum atomic E-state index is 9.44. The number of methoxy groups -OCH3 is 1. The summed E-state index contributed by atoms with van der Waals surface area (Å²) in [6, 6.07) is 11.0. The highest BCUT2D eigenvalue weighted by Gasteiger charge is 2.02. The van der Waals surface area contributed by atoms with Crippen LogP contribution in [0.4, 0.5) is 0 Å². The summed E-state index contributed by atoms with van der Waals surface area (Å²) in [5.74, 6) is 0.700. The molecular formula is C18H20O4. The summed E-state index contributed by atoms with van der Waals surface area (Å²) >= 11 is 0. The van der Waals surface area contributed by atoms with Crippen LogP contribution in [-0.2, 0) is 19.8 Å². The van der Waals surface area contributed by atoms with Crippen LogP contribution in [-0.4, -0.2) is 22.4 Å². The van der Waals surface area contributed by atoms with Crippen LogP contribution in [0.5, 0.6) is 5.75 Å². The van der Waals surface area contributed by atoms with E-state index in [1.165, 1.54) is 0 Å². The van der Waals surface area contributed by atoms with Gasteiger partial charge in [0.1, 0.15) is 5.75 Å². The Morgan fingerprint density at radius 3 is 2.09 bits per heavy atom. The lowest BCUT2D eigenvalue weighted by Crippen LogP contribution is -1.92. The minimum absolute atomic E-state index is 0.0703. The molecule has 116 valence electrons. The molecule has 3 N–H and O–H groups in total. The highest BCUT2D eigenvalue weighted by molar-refractivity contribution is 5.72. The zero-order valence-corrected chi connectivity index (χ0v) is 12.5. The van der Waals surface area contributed by atoms with Gasteiger partial charge in [0.05, 0.1) is 26.9 Å². The smallest absolute Gasteiger partial charge is 0.119 e. The number of ether oxygens (including phenoxy) is 1.